The number of nitrogens with zero attached hydrogens (tertiary/aromatic N) is 1. The zero-order chi connectivity index (χ0) is 23.1. The van der Waals surface area contributed by atoms with Gasteiger partial charge in [0.05, 0.1) is 25.3 Å². The Morgan fingerprint density at radius 1 is 0.853 bits per heavy atom. The first-order valence-electron chi connectivity index (χ1n) is 11.7. The van der Waals surface area contributed by atoms with Gasteiger partial charge in [0.1, 0.15) is 17.8 Å². The molecule has 6 heteroatoms. The van der Waals surface area contributed by atoms with Gasteiger partial charge in [-0.1, -0.05) is 48.5 Å². The first kappa shape index (κ1) is 20.9. The van der Waals surface area contributed by atoms with E-state index in [2.05, 4.69) is 0 Å². The van der Waals surface area contributed by atoms with Gasteiger partial charge in [0.25, 0.3) is 0 Å². The molecule has 3 heterocycles. The van der Waals surface area contributed by atoms with Crippen molar-refractivity contribution >= 4 is 33.8 Å². The third-order valence-corrected chi connectivity index (χ3v) is 6.97. The van der Waals surface area contributed by atoms with E-state index in [1.807, 2.05) is 72.8 Å². The molecule has 0 radical (unpaired) electrons. The highest BCUT2D eigenvalue weighted by Crippen LogP contribution is 2.35. The molecule has 34 heavy (non-hydrogen) atoms. The molecule has 2 saturated heterocycles. The lowest BCUT2D eigenvalue weighted by Gasteiger charge is -2.47. The number of carbonyl (C=O) groups is 2. The Morgan fingerprint density at radius 3 is 2.35 bits per heavy atom. The number of ketones is 1. The molecule has 0 saturated carbocycles. The number of Topliss-reactive ketones (excluding diaryl/α,β-unsaturated/α-hetero) is 1. The van der Waals surface area contributed by atoms with Crippen molar-refractivity contribution < 1.29 is 23.5 Å². The van der Waals surface area contributed by atoms with Crippen molar-refractivity contribution in [3.05, 3.63) is 83.9 Å². The Bertz CT molecular complexity index is 1350. The summed E-state index contributed by atoms with van der Waals surface area (Å²) < 4.78 is 17.2. The average molecular weight is 456 g/mol. The number of fused-ring (bicyclic) bond motifs is 5. The molecular formula is C28H25NO5. The van der Waals surface area contributed by atoms with E-state index in [9.17, 15) is 9.59 Å². The first-order chi connectivity index (χ1) is 16.7. The lowest BCUT2D eigenvalue weighted by atomic mass is 9.80. The number of hydrogen-bond donors (Lipinski definition) is 0. The van der Waals surface area contributed by atoms with Crippen LogP contribution >= 0.6 is 0 Å². The summed E-state index contributed by atoms with van der Waals surface area (Å²) in [6.45, 7) is 1.08. The Balaban J connectivity index is 1.19. The van der Waals surface area contributed by atoms with Crippen molar-refractivity contribution in [3.8, 4) is 0 Å². The molecule has 2 unspecified atom stereocenters. The summed E-state index contributed by atoms with van der Waals surface area (Å²) in [6.07, 6.45) is 0.805. The maximum atomic E-state index is 13.5. The van der Waals surface area contributed by atoms with E-state index < -0.39 is 0 Å². The number of ether oxygens (including phenoxy) is 2. The lowest BCUT2D eigenvalue weighted by Crippen LogP contribution is -2.59. The molecule has 0 aliphatic carbocycles. The fourth-order valence-electron chi connectivity index (χ4n) is 5.34. The highest BCUT2D eigenvalue weighted by Gasteiger charge is 2.44. The van der Waals surface area contributed by atoms with E-state index >= 15 is 0 Å². The Kier molecular flexibility index (Phi) is 5.30. The third-order valence-electron chi connectivity index (χ3n) is 6.97. The Labute approximate surface area is 197 Å². The highest BCUT2D eigenvalue weighted by atomic mass is 16.6. The Morgan fingerprint density at radius 2 is 1.56 bits per heavy atom. The molecule has 3 aromatic carbocycles. The van der Waals surface area contributed by atoms with Crippen LogP contribution in [-0.4, -0.2) is 42.1 Å². The van der Waals surface area contributed by atoms with E-state index in [-0.39, 0.29) is 36.5 Å². The minimum Gasteiger partial charge on any atom is -0.456 e. The number of benzene rings is 3. The van der Waals surface area contributed by atoms with E-state index in [1.54, 1.807) is 4.90 Å². The molecule has 2 bridgehead atoms. The molecule has 1 amide bonds. The summed E-state index contributed by atoms with van der Waals surface area (Å²) in [4.78, 5) is 28.2. The van der Waals surface area contributed by atoms with Crippen LogP contribution in [0.3, 0.4) is 0 Å². The van der Waals surface area contributed by atoms with Gasteiger partial charge in [0, 0.05) is 22.3 Å². The molecular weight excluding hydrogens is 430 g/mol. The number of para-hydroxylation sites is 1. The van der Waals surface area contributed by atoms with Crippen molar-refractivity contribution in [1.82, 2.24) is 4.90 Å². The number of piperidine rings is 1. The zero-order valence-electron chi connectivity index (χ0n) is 18.7. The maximum Gasteiger partial charge on any atom is 0.410 e. The molecule has 2 atom stereocenters. The number of morpholine rings is 1. The van der Waals surface area contributed by atoms with E-state index in [4.69, 9.17) is 13.9 Å². The number of hydrogen-bond acceptors (Lipinski definition) is 5. The number of furan rings is 1. The fourth-order valence-corrected chi connectivity index (χ4v) is 5.34. The molecule has 2 aliphatic rings. The second kappa shape index (κ2) is 8.61. The van der Waals surface area contributed by atoms with Gasteiger partial charge in [-0.3, -0.25) is 9.69 Å². The summed E-state index contributed by atoms with van der Waals surface area (Å²) in [5.74, 6) is -0.0472. The molecule has 172 valence electrons. The fraction of sp³-hybridized carbons (Fsp3) is 0.286. The molecule has 4 aromatic rings. The van der Waals surface area contributed by atoms with Gasteiger partial charge in [-0.15, -0.1) is 0 Å². The summed E-state index contributed by atoms with van der Waals surface area (Å²) in [5.41, 5.74) is 3.22. The summed E-state index contributed by atoms with van der Waals surface area (Å²) in [5, 5.41) is 1.96. The quantitative estimate of drug-likeness (QED) is 0.376. The molecule has 6 nitrogen and oxygen atoms in total. The predicted octanol–water partition coefficient (Wildman–Crippen LogP) is 5.58. The van der Waals surface area contributed by atoms with Crippen LogP contribution in [0.2, 0.25) is 0 Å². The van der Waals surface area contributed by atoms with Crippen LogP contribution in [-0.2, 0) is 16.1 Å². The maximum absolute atomic E-state index is 13.5. The van der Waals surface area contributed by atoms with Gasteiger partial charge in [0.15, 0.2) is 5.78 Å². The van der Waals surface area contributed by atoms with Crippen LogP contribution in [0.1, 0.15) is 28.8 Å². The minimum atomic E-state index is -0.334. The van der Waals surface area contributed by atoms with Gasteiger partial charge in [-0.05, 0) is 42.7 Å². The molecule has 6 rings (SSSR count). The van der Waals surface area contributed by atoms with Gasteiger partial charge in [-0.25, -0.2) is 4.79 Å². The van der Waals surface area contributed by atoms with Gasteiger partial charge < -0.3 is 13.9 Å². The summed E-state index contributed by atoms with van der Waals surface area (Å²) in [6, 6.07) is 22.8. The SMILES string of the molecule is O=C(c1ccc2oc3ccccc3c2c1)C1CC2COCC(C1)N2C(=O)OCc1ccccc1. The van der Waals surface area contributed by atoms with Crippen molar-refractivity contribution in [2.24, 2.45) is 5.92 Å². The number of rotatable bonds is 4. The van der Waals surface area contributed by atoms with Crippen LogP contribution in [0.15, 0.2) is 77.2 Å². The van der Waals surface area contributed by atoms with Crippen LogP contribution in [0.5, 0.6) is 0 Å². The smallest absolute Gasteiger partial charge is 0.410 e. The summed E-state index contributed by atoms with van der Waals surface area (Å²) in [7, 11) is 0. The average Bonchev–Trinajstić information content (AvgIpc) is 3.24. The van der Waals surface area contributed by atoms with Crippen LogP contribution in [0.4, 0.5) is 4.79 Å². The topological polar surface area (TPSA) is 69.0 Å². The van der Waals surface area contributed by atoms with Crippen molar-refractivity contribution in [1.29, 1.82) is 0 Å². The van der Waals surface area contributed by atoms with E-state index in [0.29, 0.717) is 31.6 Å². The normalized spacial score (nSPS) is 22.1. The van der Waals surface area contributed by atoms with Gasteiger partial charge >= 0.3 is 6.09 Å². The standard InChI is InChI=1S/C28H25NO5/c30-27(19-10-11-26-24(14-19)23-8-4-5-9-25(23)34-26)20-12-21-16-32-17-22(13-20)29(21)28(31)33-15-18-6-2-1-3-7-18/h1-11,14,20-22H,12-13,15-17H2. The monoisotopic (exact) mass is 455 g/mol. The molecule has 0 spiro atoms. The van der Waals surface area contributed by atoms with Crippen molar-refractivity contribution in [3.63, 3.8) is 0 Å². The van der Waals surface area contributed by atoms with Gasteiger partial charge in [-0.2, -0.15) is 0 Å². The predicted molar refractivity (Wildman–Crippen MR) is 128 cm³/mol. The van der Waals surface area contributed by atoms with Crippen LogP contribution in [0, 0.1) is 5.92 Å². The number of carbonyl (C=O) groups excluding carboxylic acids is 2. The van der Waals surface area contributed by atoms with E-state index in [0.717, 1.165) is 27.5 Å². The summed E-state index contributed by atoms with van der Waals surface area (Å²) >= 11 is 0. The molecule has 1 aromatic heterocycles. The highest BCUT2D eigenvalue weighted by molar-refractivity contribution is 6.09. The second-order valence-electron chi connectivity index (χ2n) is 9.13. The van der Waals surface area contributed by atoms with Crippen LogP contribution < -0.4 is 0 Å². The molecule has 2 fully saturated rings. The third kappa shape index (κ3) is 3.74. The zero-order valence-corrected chi connectivity index (χ0v) is 18.7. The second-order valence-corrected chi connectivity index (χ2v) is 9.13. The van der Waals surface area contributed by atoms with Crippen LogP contribution in [0.25, 0.3) is 21.9 Å². The number of amides is 1. The van der Waals surface area contributed by atoms with Gasteiger partial charge in [0.2, 0.25) is 0 Å². The van der Waals surface area contributed by atoms with E-state index in [1.165, 1.54) is 0 Å². The van der Waals surface area contributed by atoms with Crippen molar-refractivity contribution in [2.45, 2.75) is 31.5 Å². The first-order valence-corrected chi connectivity index (χ1v) is 11.7. The van der Waals surface area contributed by atoms with Crippen molar-refractivity contribution in [2.75, 3.05) is 13.2 Å². The Hall–Kier alpha value is -3.64. The lowest BCUT2D eigenvalue weighted by molar-refractivity contribution is -0.0755. The largest absolute Gasteiger partial charge is 0.456 e. The molecule has 0 N–H and O–H groups in total. The molecule has 2 aliphatic heterocycles. The minimum absolute atomic E-state index is 0.112.